The minimum atomic E-state index is -1.03. The molecule has 1 unspecified atom stereocenters. The first-order chi connectivity index (χ1) is 11.2. The monoisotopic (exact) mass is 309 g/mol. The van der Waals surface area contributed by atoms with Crippen molar-refractivity contribution in [2.45, 2.75) is 25.3 Å². The van der Waals surface area contributed by atoms with Crippen molar-refractivity contribution in [3.63, 3.8) is 0 Å². The number of benzene rings is 1. The molecule has 0 spiro atoms. The smallest absolute Gasteiger partial charge is 0.341 e. The second kappa shape index (κ2) is 5.08. The van der Waals surface area contributed by atoms with Gasteiger partial charge in [-0.3, -0.25) is 4.79 Å². The number of carboxylic acids is 1. The second-order valence-corrected chi connectivity index (χ2v) is 5.76. The number of rotatable bonds is 2. The fourth-order valence-corrected chi connectivity index (χ4v) is 3.36. The molecule has 2 aromatic rings. The lowest BCUT2D eigenvalue weighted by molar-refractivity contribution is -0.116. The normalized spacial score (nSPS) is 19.8. The van der Waals surface area contributed by atoms with Gasteiger partial charge in [0.1, 0.15) is 17.4 Å². The van der Waals surface area contributed by atoms with Crippen molar-refractivity contribution >= 4 is 17.6 Å². The fraction of sp³-hybridized carbons (Fsp3) is 0.235. The van der Waals surface area contributed by atoms with Crippen LogP contribution in [0.15, 0.2) is 47.8 Å². The van der Waals surface area contributed by atoms with Gasteiger partial charge in [0.05, 0.1) is 6.20 Å². The van der Waals surface area contributed by atoms with Crippen LogP contribution in [0.1, 0.15) is 41.2 Å². The van der Waals surface area contributed by atoms with E-state index in [-0.39, 0.29) is 17.4 Å². The topological polar surface area (TPSA) is 84.2 Å². The van der Waals surface area contributed by atoms with Crippen LogP contribution in [0.25, 0.3) is 0 Å². The number of fused-ring (bicyclic) bond motifs is 1. The molecular weight excluding hydrogens is 294 g/mol. The summed E-state index contributed by atoms with van der Waals surface area (Å²) in [5, 5.41) is 16.7. The van der Waals surface area contributed by atoms with E-state index < -0.39 is 5.97 Å². The van der Waals surface area contributed by atoms with Crippen LogP contribution >= 0.6 is 0 Å². The van der Waals surface area contributed by atoms with Gasteiger partial charge in [-0.25, -0.2) is 9.48 Å². The molecule has 1 aromatic carbocycles. The van der Waals surface area contributed by atoms with Crippen molar-refractivity contribution in [2.75, 3.05) is 5.32 Å². The molecule has 116 valence electrons. The van der Waals surface area contributed by atoms with Gasteiger partial charge in [-0.15, -0.1) is 0 Å². The summed E-state index contributed by atoms with van der Waals surface area (Å²) in [6.45, 7) is 0. The summed E-state index contributed by atoms with van der Waals surface area (Å²) in [6.07, 6.45) is 3.38. The largest absolute Gasteiger partial charge is 0.477 e. The van der Waals surface area contributed by atoms with E-state index in [0.717, 1.165) is 24.1 Å². The van der Waals surface area contributed by atoms with Crippen LogP contribution in [0.5, 0.6) is 0 Å². The van der Waals surface area contributed by atoms with Crippen LogP contribution < -0.4 is 5.32 Å². The Balaban J connectivity index is 1.95. The van der Waals surface area contributed by atoms with E-state index in [1.807, 2.05) is 30.3 Å². The quantitative estimate of drug-likeness (QED) is 0.891. The highest BCUT2D eigenvalue weighted by Gasteiger charge is 2.37. The number of Topliss-reactive ketones (excluding diaryl/α,β-unsaturated/α-hetero) is 1. The highest BCUT2D eigenvalue weighted by atomic mass is 16.4. The number of allylic oxidation sites excluding steroid dienone is 2. The summed E-state index contributed by atoms with van der Waals surface area (Å²) < 4.78 is 1.61. The van der Waals surface area contributed by atoms with Gasteiger partial charge in [-0.1, -0.05) is 30.3 Å². The van der Waals surface area contributed by atoms with Crippen molar-refractivity contribution in [3.05, 3.63) is 58.9 Å². The van der Waals surface area contributed by atoms with E-state index in [4.69, 9.17) is 0 Å². The molecule has 0 saturated heterocycles. The highest BCUT2D eigenvalue weighted by Crippen LogP contribution is 2.41. The number of carbonyl (C=O) groups excluding carboxylic acids is 1. The molecule has 0 radical (unpaired) electrons. The molecule has 2 N–H and O–H groups in total. The molecule has 0 amide bonds. The average molecular weight is 309 g/mol. The van der Waals surface area contributed by atoms with E-state index >= 15 is 0 Å². The number of nitrogens with one attached hydrogen (secondary N) is 1. The molecule has 0 bridgehead atoms. The van der Waals surface area contributed by atoms with Gasteiger partial charge in [0.2, 0.25) is 0 Å². The van der Waals surface area contributed by atoms with E-state index in [0.29, 0.717) is 17.8 Å². The van der Waals surface area contributed by atoms with Crippen LogP contribution in [-0.2, 0) is 4.79 Å². The number of nitrogens with zero attached hydrogens (tertiary/aromatic N) is 2. The molecule has 1 aliphatic heterocycles. The van der Waals surface area contributed by atoms with Gasteiger partial charge in [-0.05, 0) is 18.4 Å². The third-order valence-electron chi connectivity index (χ3n) is 4.38. The minimum Gasteiger partial charge on any atom is -0.477 e. The van der Waals surface area contributed by atoms with Gasteiger partial charge in [0.15, 0.2) is 5.78 Å². The highest BCUT2D eigenvalue weighted by molar-refractivity contribution is 6.01. The number of carbonyl (C=O) groups is 2. The van der Waals surface area contributed by atoms with E-state index in [1.165, 1.54) is 6.20 Å². The first kappa shape index (κ1) is 13.8. The van der Waals surface area contributed by atoms with Gasteiger partial charge >= 0.3 is 5.97 Å². The van der Waals surface area contributed by atoms with E-state index in [2.05, 4.69) is 10.4 Å². The third kappa shape index (κ3) is 2.06. The van der Waals surface area contributed by atoms with Crippen molar-refractivity contribution < 1.29 is 14.7 Å². The summed E-state index contributed by atoms with van der Waals surface area (Å²) in [6, 6.07) is 9.24. The van der Waals surface area contributed by atoms with Crippen LogP contribution in [0.4, 0.5) is 5.82 Å². The van der Waals surface area contributed by atoms with Crippen molar-refractivity contribution in [1.82, 2.24) is 9.78 Å². The second-order valence-electron chi connectivity index (χ2n) is 5.76. The molecule has 1 atom stereocenters. The Bertz CT molecular complexity index is 836. The average Bonchev–Trinajstić information content (AvgIpc) is 2.97. The summed E-state index contributed by atoms with van der Waals surface area (Å²) in [5.41, 5.74) is 2.58. The Morgan fingerprint density at radius 2 is 2.04 bits per heavy atom. The Hall–Kier alpha value is -2.89. The number of aromatic nitrogens is 2. The molecule has 6 nitrogen and oxygen atoms in total. The maximum atomic E-state index is 12.5. The van der Waals surface area contributed by atoms with Gasteiger partial charge in [0, 0.05) is 17.7 Å². The SMILES string of the molecule is O=C1CCCC2=C1C(c1ccccc1)n1ncc(C(=O)O)c1N2. The van der Waals surface area contributed by atoms with Crippen LogP contribution in [0.2, 0.25) is 0 Å². The van der Waals surface area contributed by atoms with Crippen LogP contribution in [-0.4, -0.2) is 26.6 Å². The number of hydrogen-bond acceptors (Lipinski definition) is 4. The first-order valence-corrected chi connectivity index (χ1v) is 7.56. The first-order valence-electron chi connectivity index (χ1n) is 7.56. The standard InChI is InChI=1S/C17H15N3O3/c21-13-8-4-7-12-14(13)15(10-5-2-1-3-6-10)20-16(19-12)11(9-18-20)17(22)23/h1-3,5-6,9,15,19H,4,7-8H2,(H,22,23). The van der Waals surface area contributed by atoms with Crippen molar-refractivity contribution in [3.8, 4) is 0 Å². The molecule has 2 heterocycles. The Morgan fingerprint density at radius 3 is 2.78 bits per heavy atom. The van der Waals surface area contributed by atoms with Gasteiger partial charge < -0.3 is 10.4 Å². The third-order valence-corrected chi connectivity index (χ3v) is 4.38. The Labute approximate surface area is 132 Å². The minimum absolute atomic E-state index is 0.102. The lowest BCUT2D eigenvalue weighted by atomic mass is 9.85. The van der Waals surface area contributed by atoms with Gasteiger partial charge in [-0.2, -0.15) is 5.10 Å². The molecular formula is C17H15N3O3. The molecule has 0 saturated carbocycles. The molecule has 0 fully saturated rings. The van der Waals surface area contributed by atoms with E-state index in [9.17, 15) is 14.7 Å². The van der Waals surface area contributed by atoms with Gasteiger partial charge in [0.25, 0.3) is 0 Å². The number of carboxylic acid groups (broad SMARTS) is 1. The maximum absolute atomic E-state index is 12.5. The summed E-state index contributed by atoms with van der Waals surface area (Å²) in [7, 11) is 0. The number of anilines is 1. The van der Waals surface area contributed by atoms with Crippen molar-refractivity contribution in [1.29, 1.82) is 0 Å². The molecule has 1 aromatic heterocycles. The summed E-state index contributed by atoms with van der Waals surface area (Å²) in [5.74, 6) is -0.484. The zero-order valence-electron chi connectivity index (χ0n) is 12.3. The molecule has 23 heavy (non-hydrogen) atoms. The predicted octanol–water partition coefficient (Wildman–Crippen LogP) is 2.60. The molecule has 2 aliphatic rings. The summed E-state index contributed by atoms with van der Waals surface area (Å²) in [4.78, 5) is 23.9. The number of ketones is 1. The molecule has 4 rings (SSSR count). The Morgan fingerprint density at radius 1 is 1.26 bits per heavy atom. The summed E-state index contributed by atoms with van der Waals surface area (Å²) >= 11 is 0. The zero-order valence-corrected chi connectivity index (χ0v) is 12.3. The fourth-order valence-electron chi connectivity index (χ4n) is 3.36. The maximum Gasteiger partial charge on any atom is 0.341 e. The lowest BCUT2D eigenvalue weighted by Crippen LogP contribution is -2.31. The number of hydrogen-bond donors (Lipinski definition) is 2. The van der Waals surface area contributed by atoms with E-state index in [1.54, 1.807) is 4.68 Å². The van der Waals surface area contributed by atoms with Crippen LogP contribution in [0.3, 0.4) is 0 Å². The van der Waals surface area contributed by atoms with Crippen molar-refractivity contribution in [2.24, 2.45) is 0 Å². The number of aromatic carboxylic acids is 1. The molecule has 6 heteroatoms. The Kier molecular flexibility index (Phi) is 3.04. The zero-order chi connectivity index (χ0) is 16.0. The predicted molar refractivity (Wildman–Crippen MR) is 83.3 cm³/mol. The van der Waals surface area contributed by atoms with Crippen LogP contribution in [0, 0.1) is 0 Å². The lowest BCUT2D eigenvalue weighted by Gasteiger charge is -2.33. The molecule has 1 aliphatic carbocycles.